The summed E-state index contributed by atoms with van der Waals surface area (Å²) >= 11 is 1.49. The normalized spacial score (nSPS) is 10.8. The number of rotatable bonds is 5. The summed E-state index contributed by atoms with van der Waals surface area (Å²) in [6, 6.07) is 11.4. The molecule has 1 amide bonds. The van der Waals surface area contributed by atoms with E-state index in [9.17, 15) is 14.9 Å². The second-order valence-corrected chi connectivity index (χ2v) is 6.70. The maximum absolute atomic E-state index is 12.3. The van der Waals surface area contributed by atoms with Crippen molar-refractivity contribution in [3.05, 3.63) is 69.7 Å². The number of carbonyl (C=O) groups excluding carboxylic acids is 1. The Hall–Kier alpha value is -3.59. The first kappa shape index (κ1) is 16.9. The van der Waals surface area contributed by atoms with Crippen LogP contribution in [0.1, 0.15) is 5.56 Å². The molecule has 2 N–H and O–H groups in total. The third kappa shape index (κ3) is 3.67. The molecule has 8 nitrogen and oxygen atoms in total. The first-order chi connectivity index (χ1) is 13.1. The highest BCUT2D eigenvalue weighted by atomic mass is 32.1. The summed E-state index contributed by atoms with van der Waals surface area (Å²) in [5, 5.41) is 16.3. The van der Waals surface area contributed by atoms with Crippen molar-refractivity contribution in [2.24, 2.45) is 0 Å². The number of aromatic nitrogens is 3. The van der Waals surface area contributed by atoms with Crippen molar-refractivity contribution in [2.45, 2.75) is 6.42 Å². The van der Waals surface area contributed by atoms with Gasteiger partial charge in [0.05, 0.1) is 22.4 Å². The van der Waals surface area contributed by atoms with E-state index < -0.39 is 4.92 Å². The topological polar surface area (TPSA) is 114 Å². The molecule has 2 heterocycles. The second-order valence-electron chi connectivity index (χ2n) is 5.81. The summed E-state index contributed by atoms with van der Waals surface area (Å²) < 4.78 is 0. The third-order valence-corrected chi connectivity index (χ3v) is 4.67. The molecular formula is C18H13N5O3S. The minimum absolute atomic E-state index is 0.0343. The SMILES string of the molecule is O=C(Cc1cccc([N+](=O)[O-])c1)Nc1ccc2[nH]c(-c3nccs3)nc2c1. The Kier molecular flexibility index (Phi) is 4.35. The number of aromatic amines is 1. The lowest BCUT2D eigenvalue weighted by Crippen LogP contribution is -2.14. The van der Waals surface area contributed by atoms with Crippen LogP contribution >= 0.6 is 11.3 Å². The lowest BCUT2D eigenvalue weighted by molar-refractivity contribution is -0.384. The fourth-order valence-corrected chi connectivity index (χ4v) is 3.28. The molecular weight excluding hydrogens is 366 g/mol. The van der Waals surface area contributed by atoms with E-state index in [4.69, 9.17) is 0 Å². The van der Waals surface area contributed by atoms with Gasteiger partial charge in [-0.25, -0.2) is 9.97 Å². The number of amides is 1. The van der Waals surface area contributed by atoms with Crippen molar-refractivity contribution in [3.63, 3.8) is 0 Å². The van der Waals surface area contributed by atoms with E-state index >= 15 is 0 Å². The molecule has 0 atom stereocenters. The molecule has 9 heteroatoms. The number of nitrogens with one attached hydrogen (secondary N) is 2. The maximum atomic E-state index is 12.3. The minimum atomic E-state index is -0.479. The number of anilines is 1. The van der Waals surface area contributed by atoms with Crippen LogP contribution < -0.4 is 5.32 Å². The molecule has 4 rings (SSSR count). The lowest BCUT2D eigenvalue weighted by atomic mass is 10.1. The number of benzene rings is 2. The lowest BCUT2D eigenvalue weighted by Gasteiger charge is -2.05. The number of nitro groups is 1. The van der Waals surface area contributed by atoms with Gasteiger partial charge in [0.2, 0.25) is 5.91 Å². The minimum Gasteiger partial charge on any atom is -0.336 e. The summed E-state index contributed by atoms with van der Waals surface area (Å²) in [4.78, 5) is 34.6. The highest BCUT2D eigenvalue weighted by molar-refractivity contribution is 7.13. The number of hydrogen-bond donors (Lipinski definition) is 2. The van der Waals surface area contributed by atoms with E-state index in [0.29, 0.717) is 22.6 Å². The van der Waals surface area contributed by atoms with Crippen LogP contribution in [0.25, 0.3) is 21.9 Å². The summed E-state index contributed by atoms with van der Waals surface area (Å²) in [7, 11) is 0. The van der Waals surface area contributed by atoms with E-state index in [1.54, 1.807) is 30.5 Å². The van der Waals surface area contributed by atoms with Crippen LogP contribution in [0.3, 0.4) is 0 Å². The van der Waals surface area contributed by atoms with Crippen LogP contribution in [-0.4, -0.2) is 25.8 Å². The fourth-order valence-electron chi connectivity index (χ4n) is 2.70. The van der Waals surface area contributed by atoms with E-state index in [1.165, 1.54) is 23.5 Å². The number of H-pyrrole nitrogens is 1. The zero-order chi connectivity index (χ0) is 18.8. The van der Waals surface area contributed by atoms with Gasteiger partial charge in [-0.15, -0.1) is 11.3 Å². The van der Waals surface area contributed by atoms with Gasteiger partial charge in [0, 0.05) is 29.4 Å². The van der Waals surface area contributed by atoms with Crippen molar-refractivity contribution in [2.75, 3.05) is 5.32 Å². The molecule has 134 valence electrons. The Morgan fingerprint density at radius 2 is 2.15 bits per heavy atom. The van der Waals surface area contributed by atoms with Gasteiger partial charge in [-0.1, -0.05) is 12.1 Å². The van der Waals surface area contributed by atoms with Gasteiger partial charge in [0.25, 0.3) is 5.69 Å². The molecule has 0 spiro atoms. The Morgan fingerprint density at radius 3 is 2.93 bits per heavy atom. The van der Waals surface area contributed by atoms with Crippen molar-refractivity contribution >= 4 is 39.7 Å². The Morgan fingerprint density at radius 1 is 1.26 bits per heavy atom. The predicted octanol–water partition coefficient (Wildman–Crippen LogP) is 3.78. The van der Waals surface area contributed by atoms with Crippen LogP contribution in [0.15, 0.2) is 54.0 Å². The zero-order valence-corrected chi connectivity index (χ0v) is 14.7. The standard InChI is InChI=1S/C18H13N5O3S/c24-16(9-11-2-1-3-13(8-11)23(25)26)20-12-4-5-14-15(10-12)22-17(21-14)18-19-6-7-27-18/h1-8,10H,9H2,(H,20,24)(H,21,22). The van der Waals surface area contributed by atoms with Crippen LogP contribution in [0, 0.1) is 10.1 Å². The van der Waals surface area contributed by atoms with E-state index in [2.05, 4.69) is 20.3 Å². The van der Waals surface area contributed by atoms with Crippen LogP contribution in [-0.2, 0) is 11.2 Å². The van der Waals surface area contributed by atoms with Crippen molar-refractivity contribution < 1.29 is 9.72 Å². The molecule has 0 aliphatic rings. The van der Waals surface area contributed by atoms with Crippen LogP contribution in [0.4, 0.5) is 11.4 Å². The number of nitro benzene ring substituents is 1. The van der Waals surface area contributed by atoms with E-state index in [-0.39, 0.29) is 18.0 Å². The summed E-state index contributed by atoms with van der Waals surface area (Å²) in [5.41, 5.74) is 2.71. The zero-order valence-electron chi connectivity index (χ0n) is 13.9. The first-order valence-corrected chi connectivity index (χ1v) is 8.89. The van der Waals surface area contributed by atoms with Gasteiger partial charge in [-0.05, 0) is 23.8 Å². The van der Waals surface area contributed by atoms with Gasteiger partial charge in [-0.2, -0.15) is 0 Å². The quantitative estimate of drug-likeness (QED) is 0.405. The smallest absolute Gasteiger partial charge is 0.269 e. The average molecular weight is 379 g/mol. The monoisotopic (exact) mass is 379 g/mol. The van der Waals surface area contributed by atoms with Gasteiger partial charge in [0.1, 0.15) is 0 Å². The molecule has 0 aliphatic carbocycles. The van der Waals surface area contributed by atoms with E-state index in [0.717, 1.165) is 10.5 Å². The number of imidazole rings is 1. The van der Waals surface area contributed by atoms with Crippen LogP contribution in [0.5, 0.6) is 0 Å². The molecule has 2 aromatic heterocycles. The van der Waals surface area contributed by atoms with Gasteiger partial charge in [-0.3, -0.25) is 14.9 Å². The number of thiazole rings is 1. The summed E-state index contributed by atoms with van der Waals surface area (Å²) in [6.45, 7) is 0. The molecule has 0 unspecified atom stereocenters. The van der Waals surface area contributed by atoms with E-state index in [1.807, 2.05) is 11.4 Å². The molecule has 4 aromatic rings. The molecule has 0 saturated heterocycles. The predicted molar refractivity (Wildman–Crippen MR) is 103 cm³/mol. The average Bonchev–Trinajstić information content (AvgIpc) is 3.30. The van der Waals surface area contributed by atoms with Gasteiger partial charge < -0.3 is 10.3 Å². The number of nitrogens with zero attached hydrogens (tertiary/aromatic N) is 3. The first-order valence-electron chi connectivity index (χ1n) is 8.01. The Balaban J connectivity index is 1.50. The largest absolute Gasteiger partial charge is 0.336 e. The maximum Gasteiger partial charge on any atom is 0.269 e. The highest BCUT2D eigenvalue weighted by Crippen LogP contribution is 2.24. The highest BCUT2D eigenvalue weighted by Gasteiger charge is 2.11. The number of carbonyl (C=O) groups is 1. The molecule has 0 bridgehead atoms. The van der Waals surface area contributed by atoms with Crippen molar-refractivity contribution in [1.82, 2.24) is 15.0 Å². The molecule has 0 saturated carbocycles. The second kappa shape index (κ2) is 6.96. The van der Waals surface area contributed by atoms with Crippen molar-refractivity contribution in [1.29, 1.82) is 0 Å². The number of hydrogen-bond acceptors (Lipinski definition) is 6. The summed E-state index contributed by atoms with van der Waals surface area (Å²) in [5.74, 6) is 0.422. The Labute approximate surface area is 157 Å². The summed E-state index contributed by atoms with van der Waals surface area (Å²) in [6.07, 6.45) is 1.76. The number of fused-ring (bicyclic) bond motifs is 1. The number of non-ortho nitro benzene ring substituents is 1. The molecule has 0 radical (unpaired) electrons. The third-order valence-electron chi connectivity index (χ3n) is 3.89. The van der Waals surface area contributed by atoms with Crippen molar-refractivity contribution in [3.8, 4) is 10.8 Å². The van der Waals surface area contributed by atoms with Gasteiger partial charge in [0.15, 0.2) is 10.8 Å². The molecule has 0 aliphatic heterocycles. The fraction of sp³-hybridized carbons (Fsp3) is 0.0556. The Bertz CT molecular complexity index is 1140. The molecule has 0 fully saturated rings. The molecule has 2 aromatic carbocycles. The van der Waals surface area contributed by atoms with Gasteiger partial charge >= 0.3 is 0 Å². The van der Waals surface area contributed by atoms with Crippen LogP contribution in [0.2, 0.25) is 0 Å². The molecule has 27 heavy (non-hydrogen) atoms.